The summed E-state index contributed by atoms with van der Waals surface area (Å²) in [6, 6.07) is 9.81. The van der Waals surface area contributed by atoms with Crippen LogP contribution in [0.25, 0.3) is 0 Å². The van der Waals surface area contributed by atoms with Gasteiger partial charge in [0.1, 0.15) is 0 Å². The van der Waals surface area contributed by atoms with Gasteiger partial charge in [0.2, 0.25) is 5.91 Å². The third-order valence-corrected chi connectivity index (χ3v) is 4.79. The summed E-state index contributed by atoms with van der Waals surface area (Å²) in [4.78, 5) is 12.5. The predicted molar refractivity (Wildman–Crippen MR) is 111 cm³/mol. The molecule has 1 aromatic carbocycles. The molecule has 0 bridgehead atoms. The maximum absolute atomic E-state index is 12.5. The maximum atomic E-state index is 12.5. The fourth-order valence-electron chi connectivity index (χ4n) is 3.41. The van der Waals surface area contributed by atoms with Gasteiger partial charge in [-0.25, -0.2) is 0 Å². The minimum atomic E-state index is 0.0200. The van der Waals surface area contributed by atoms with E-state index in [9.17, 15) is 4.79 Å². The highest BCUT2D eigenvalue weighted by Gasteiger charge is 2.14. The number of benzene rings is 1. The van der Waals surface area contributed by atoms with Crippen molar-refractivity contribution in [2.45, 2.75) is 53.6 Å². The number of carbonyl (C=O) groups is 1. The lowest BCUT2D eigenvalue weighted by Crippen LogP contribution is -2.13. The number of rotatable bonds is 8. The molecule has 3 aromatic rings. The van der Waals surface area contributed by atoms with E-state index in [4.69, 9.17) is 0 Å². The summed E-state index contributed by atoms with van der Waals surface area (Å²) in [7, 11) is 0. The Morgan fingerprint density at radius 3 is 2.75 bits per heavy atom. The highest BCUT2D eigenvalue weighted by atomic mass is 16.1. The second-order valence-electron chi connectivity index (χ2n) is 7.68. The van der Waals surface area contributed by atoms with Gasteiger partial charge in [-0.05, 0) is 55.5 Å². The summed E-state index contributed by atoms with van der Waals surface area (Å²) in [5.41, 5.74) is 5.29. The monoisotopic (exact) mass is 379 g/mol. The second kappa shape index (κ2) is 8.87. The Bertz CT molecular complexity index is 925. The van der Waals surface area contributed by atoms with Crippen molar-refractivity contribution in [2.75, 3.05) is 5.32 Å². The number of carbonyl (C=O) groups excluding carboxylic acids is 1. The van der Waals surface area contributed by atoms with Crippen molar-refractivity contribution < 1.29 is 4.79 Å². The van der Waals surface area contributed by atoms with Gasteiger partial charge in [-0.1, -0.05) is 26.0 Å². The lowest BCUT2D eigenvalue weighted by Gasteiger charge is -2.09. The molecule has 2 aromatic heterocycles. The first kappa shape index (κ1) is 19.9. The molecule has 148 valence electrons. The zero-order valence-corrected chi connectivity index (χ0v) is 17.1. The number of aromatic nitrogens is 4. The van der Waals surface area contributed by atoms with E-state index in [0.29, 0.717) is 25.3 Å². The molecule has 6 heteroatoms. The van der Waals surface area contributed by atoms with Crippen LogP contribution in [-0.4, -0.2) is 25.5 Å². The summed E-state index contributed by atoms with van der Waals surface area (Å²) < 4.78 is 3.92. The molecular formula is C22H29N5O. The van der Waals surface area contributed by atoms with E-state index in [1.807, 2.05) is 48.1 Å². The molecule has 0 aliphatic rings. The highest BCUT2D eigenvalue weighted by Crippen LogP contribution is 2.18. The quantitative estimate of drug-likeness (QED) is 0.644. The predicted octanol–water partition coefficient (Wildman–Crippen LogP) is 3.97. The van der Waals surface area contributed by atoms with Crippen LogP contribution in [0, 0.1) is 19.8 Å². The number of nitrogens with zero attached hydrogens (tertiary/aromatic N) is 4. The normalized spacial score (nSPS) is 11.2. The van der Waals surface area contributed by atoms with E-state index in [1.165, 1.54) is 11.3 Å². The molecule has 3 rings (SSSR count). The minimum absolute atomic E-state index is 0.0200. The van der Waals surface area contributed by atoms with Gasteiger partial charge in [0.25, 0.3) is 0 Å². The molecule has 0 atom stereocenters. The number of hydrogen-bond donors (Lipinski definition) is 1. The molecule has 1 amide bonds. The third-order valence-electron chi connectivity index (χ3n) is 4.79. The number of anilines is 1. The fourth-order valence-corrected chi connectivity index (χ4v) is 3.41. The average molecular weight is 380 g/mol. The molecule has 0 radical (unpaired) electrons. The van der Waals surface area contributed by atoms with Crippen LogP contribution in [0.1, 0.15) is 42.8 Å². The number of amides is 1. The Hall–Kier alpha value is -2.89. The SMILES string of the molecule is Cc1nn(CC(C)C)c(C)c1CCC(=O)Nc1cccc(Cn2cccn2)c1. The Balaban J connectivity index is 1.58. The van der Waals surface area contributed by atoms with Crippen LogP contribution in [0.2, 0.25) is 0 Å². The first-order valence-electron chi connectivity index (χ1n) is 9.81. The lowest BCUT2D eigenvalue weighted by molar-refractivity contribution is -0.116. The molecule has 6 nitrogen and oxygen atoms in total. The Kier molecular flexibility index (Phi) is 6.29. The van der Waals surface area contributed by atoms with Crippen LogP contribution in [0.5, 0.6) is 0 Å². The summed E-state index contributed by atoms with van der Waals surface area (Å²) >= 11 is 0. The highest BCUT2D eigenvalue weighted by molar-refractivity contribution is 5.90. The van der Waals surface area contributed by atoms with Crippen molar-refractivity contribution >= 4 is 11.6 Å². The Morgan fingerprint density at radius 1 is 1.21 bits per heavy atom. The molecule has 0 saturated heterocycles. The third kappa shape index (κ3) is 5.09. The molecule has 2 heterocycles. The lowest BCUT2D eigenvalue weighted by atomic mass is 10.1. The molecule has 0 aliphatic carbocycles. The van der Waals surface area contributed by atoms with Crippen LogP contribution >= 0.6 is 0 Å². The van der Waals surface area contributed by atoms with Gasteiger partial charge < -0.3 is 5.32 Å². The zero-order valence-electron chi connectivity index (χ0n) is 17.1. The van der Waals surface area contributed by atoms with E-state index < -0.39 is 0 Å². The molecule has 0 aliphatic heterocycles. The fraction of sp³-hybridized carbons (Fsp3) is 0.409. The largest absolute Gasteiger partial charge is 0.326 e. The van der Waals surface area contributed by atoms with Gasteiger partial charge in [-0.15, -0.1) is 0 Å². The summed E-state index contributed by atoms with van der Waals surface area (Å²) in [5, 5.41) is 11.9. The van der Waals surface area contributed by atoms with Crippen LogP contribution in [0.15, 0.2) is 42.7 Å². The second-order valence-corrected chi connectivity index (χ2v) is 7.68. The zero-order chi connectivity index (χ0) is 20.1. The van der Waals surface area contributed by atoms with Crippen molar-refractivity contribution in [3.05, 3.63) is 65.2 Å². The van der Waals surface area contributed by atoms with Crippen molar-refractivity contribution in [3.63, 3.8) is 0 Å². The molecular weight excluding hydrogens is 350 g/mol. The molecule has 0 saturated carbocycles. The molecule has 0 spiro atoms. The number of hydrogen-bond acceptors (Lipinski definition) is 3. The van der Waals surface area contributed by atoms with Gasteiger partial charge >= 0.3 is 0 Å². The standard InChI is InChI=1S/C22H29N5O/c1-16(2)14-27-18(4)21(17(3)25-27)9-10-22(28)24-20-8-5-7-19(13-20)15-26-12-6-11-23-26/h5-8,11-13,16H,9-10,14-15H2,1-4H3,(H,24,28). The van der Waals surface area contributed by atoms with Crippen molar-refractivity contribution in [1.82, 2.24) is 19.6 Å². The first-order valence-corrected chi connectivity index (χ1v) is 9.81. The summed E-state index contributed by atoms with van der Waals surface area (Å²) in [5.74, 6) is 0.565. The molecule has 28 heavy (non-hydrogen) atoms. The van der Waals surface area contributed by atoms with Crippen LogP contribution in [0.3, 0.4) is 0 Å². The van der Waals surface area contributed by atoms with Gasteiger partial charge in [0.05, 0.1) is 12.2 Å². The van der Waals surface area contributed by atoms with Crippen molar-refractivity contribution in [3.8, 4) is 0 Å². The summed E-state index contributed by atoms with van der Waals surface area (Å²) in [6.45, 7) is 10.1. The van der Waals surface area contributed by atoms with E-state index in [1.54, 1.807) is 6.20 Å². The first-order chi connectivity index (χ1) is 13.4. The summed E-state index contributed by atoms with van der Waals surface area (Å²) in [6.07, 6.45) is 4.83. The maximum Gasteiger partial charge on any atom is 0.224 e. The molecule has 1 N–H and O–H groups in total. The van der Waals surface area contributed by atoms with Crippen molar-refractivity contribution in [2.24, 2.45) is 5.92 Å². The van der Waals surface area contributed by atoms with Gasteiger partial charge in [0.15, 0.2) is 0 Å². The number of aryl methyl sites for hydroxylation is 1. The molecule has 0 fully saturated rings. The van der Waals surface area contributed by atoms with E-state index in [-0.39, 0.29) is 5.91 Å². The topological polar surface area (TPSA) is 64.7 Å². The Morgan fingerprint density at radius 2 is 2.04 bits per heavy atom. The minimum Gasteiger partial charge on any atom is -0.326 e. The van der Waals surface area contributed by atoms with Crippen LogP contribution < -0.4 is 5.32 Å². The van der Waals surface area contributed by atoms with Crippen LogP contribution in [-0.2, 0) is 24.3 Å². The Labute approximate surface area is 166 Å². The van der Waals surface area contributed by atoms with E-state index >= 15 is 0 Å². The van der Waals surface area contributed by atoms with Crippen molar-refractivity contribution in [1.29, 1.82) is 0 Å². The number of nitrogens with one attached hydrogen (secondary N) is 1. The van der Waals surface area contributed by atoms with Gasteiger partial charge in [-0.2, -0.15) is 10.2 Å². The van der Waals surface area contributed by atoms with Crippen LogP contribution in [0.4, 0.5) is 5.69 Å². The van der Waals surface area contributed by atoms with E-state index in [2.05, 4.69) is 41.0 Å². The smallest absolute Gasteiger partial charge is 0.224 e. The van der Waals surface area contributed by atoms with Gasteiger partial charge in [0, 0.05) is 36.7 Å². The average Bonchev–Trinajstić information content (AvgIpc) is 3.22. The van der Waals surface area contributed by atoms with E-state index in [0.717, 1.165) is 23.5 Å². The molecule has 0 unspecified atom stereocenters. The van der Waals surface area contributed by atoms with Gasteiger partial charge in [-0.3, -0.25) is 14.2 Å².